The van der Waals surface area contributed by atoms with Crippen molar-refractivity contribution in [2.75, 3.05) is 13.1 Å². The normalized spacial score (nSPS) is 14.0. The highest BCUT2D eigenvalue weighted by atomic mass is 19.1. The number of amides is 1. The number of H-pyrrole nitrogens is 2. The maximum atomic E-state index is 15.5. The lowest BCUT2D eigenvalue weighted by atomic mass is 9.96. The Hall–Kier alpha value is -3.94. The Morgan fingerprint density at radius 3 is 2.79 bits per heavy atom. The molecule has 4 aromatic rings. The largest absolute Gasteiger partial charge is 0.508 e. The van der Waals surface area contributed by atoms with E-state index in [0.29, 0.717) is 47.5 Å². The van der Waals surface area contributed by atoms with Crippen LogP contribution in [0.1, 0.15) is 31.5 Å². The van der Waals surface area contributed by atoms with Gasteiger partial charge in [-0.2, -0.15) is 5.10 Å². The van der Waals surface area contributed by atoms with Crippen molar-refractivity contribution >= 4 is 22.4 Å². The predicted octanol–water partition coefficient (Wildman–Crippen LogP) is 4.66. The molecule has 1 aliphatic rings. The number of halogens is 1. The standard InChI is InChI=1S/C25H24FN5O2/c1-3-15-12-17(33)4-5-18(15)19-6-7-20-23(22(19)26)29-30-24(20)25-27-13-21(28-25)16-8-10-31(11-9-16)14(2)32/h4-8,12-13,33H,3,9-11H2,1-2H3,(H,27,28)(H,29,30). The van der Waals surface area contributed by atoms with E-state index in [1.165, 1.54) is 0 Å². The molecule has 3 heterocycles. The second-order valence-corrected chi connectivity index (χ2v) is 8.20. The predicted molar refractivity (Wildman–Crippen MR) is 125 cm³/mol. The first-order valence-electron chi connectivity index (χ1n) is 11.0. The van der Waals surface area contributed by atoms with Gasteiger partial charge in [-0.05, 0) is 47.7 Å². The summed E-state index contributed by atoms with van der Waals surface area (Å²) in [6.45, 7) is 4.78. The number of imidazole rings is 1. The fraction of sp³-hybridized carbons (Fsp3) is 0.240. The van der Waals surface area contributed by atoms with Crippen LogP contribution in [-0.4, -0.2) is 49.2 Å². The zero-order chi connectivity index (χ0) is 23.1. The fourth-order valence-corrected chi connectivity index (χ4v) is 4.37. The number of phenolic OH excluding ortho intramolecular Hbond substituents is 1. The lowest BCUT2D eigenvalue weighted by molar-refractivity contribution is -0.128. The van der Waals surface area contributed by atoms with Crippen molar-refractivity contribution in [2.24, 2.45) is 0 Å². The summed E-state index contributed by atoms with van der Waals surface area (Å²) in [5.41, 5.74) is 4.80. The van der Waals surface area contributed by atoms with Crippen LogP contribution in [0.5, 0.6) is 5.75 Å². The van der Waals surface area contributed by atoms with Gasteiger partial charge in [0.15, 0.2) is 11.6 Å². The second-order valence-electron chi connectivity index (χ2n) is 8.20. The van der Waals surface area contributed by atoms with Crippen LogP contribution in [0, 0.1) is 5.82 Å². The van der Waals surface area contributed by atoms with Gasteiger partial charge in [0.1, 0.15) is 17.0 Å². The van der Waals surface area contributed by atoms with Gasteiger partial charge < -0.3 is 15.0 Å². The van der Waals surface area contributed by atoms with Crippen molar-refractivity contribution in [3.8, 4) is 28.4 Å². The maximum Gasteiger partial charge on any atom is 0.219 e. The minimum Gasteiger partial charge on any atom is -0.508 e. The number of benzene rings is 2. The molecule has 3 N–H and O–H groups in total. The van der Waals surface area contributed by atoms with Gasteiger partial charge in [-0.1, -0.05) is 25.1 Å². The zero-order valence-corrected chi connectivity index (χ0v) is 18.4. The average molecular weight is 445 g/mol. The third-order valence-corrected chi connectivity index (χ3v) is 6.22. The van der Waals surface area contributed by atoms with Gasteiger partial charge in [0.25, 0.3) is 0 Å². The van der Waals surface area contributed by atoms with Crippen molar-refractivity contribution in [2.45, 2.75) is 26.7 Å². The number of aromatic nitrogens is 4. The van der Waals surface area contributed by atoms with Crippen molar-refractivity contribution in [3.05, 3.63) is 59.7 Å². The third kappa shape index (κ3) is 3.67. The minimum absolute atomic E-state index is 0.0655. The van der Waals surface area contributed by atoms with Crippen molar-refractivity contribution in [3.63, 3.8) is 0 Å². The van der Waals surface area contributed by atoms with E-state index in [0.717, 1.165) is 28.8 Å². The Balaban J connectivity index is 1.49. The number of aromatic amines is 2. The summed E-state index contributed by atoms with van der Waals surface area (Å²) >= 11 is 0. The summed E-state index contributed by atoms with van der Waals surface area (Å²) in [6, 6.07) is 8.55. The van der Waals surface area contributed by atoms with Gasteiger partial charge in [0, 0.05) is 37.2 Å². The van der Waals surface area contributed by atoms with Crippen molar-refractivity contribution < 1.29 is 14.3 Å². The molecule has 7 nitrogen and oxygen atoms in total. The molecule has 2 aromatic carbocycles. The number of carbonyl (C=O) groups excluding carboxylic acids is 1. The molecule has 0 bridgehead atoms. The van der Waals surface area contributed by atoms with Gasteiger partial charge in [-0.3, -0.25) is 9.89 Å². The van der Waals surface area contributed by atoms with Gasteiger partial charge in [0.2, 0.25) is 5.91 Å². The zero-order valence-electron chi connectivity index (χ0n) is 18.4. The van der Waals surface area contributed by atoms with E-state index in [1.807, 2.05) is 25.3 Å². The molecule has 0 fully saturated rings. The number of fused-ring (bicyclic) bond motifs is 1. The number of nitrogens with zero attached hydrogens (tertiary/aromatic N) is 3. The first-order valence-corrected chi connectivity index (χ1v) is 11.0. The number of aromatic hydroxyl groups is 1. The SMILES string of the molecule is CCc1cc(O)ccc1-c1ccc2c(-c3nc(C4=CCN(C(C)=O)CC4)c[nH]3)n[nH]c2c1F. The average Bonchev–Trinajstić information content (AvgIpc) is 3.47. The summed E-state index contributed by atoms with van der Waals surface area (Å²) in [4.78, 5) is 21.2. The molecule has 5 rings (SSSR count). The number of hydrogen-bond acceptors (Lipinski definition) is 4. The molecule has 0 atom stereocenters. The first kappa shape index (κ1) is 20.9. The maximum absolute atomic E-state index is 15.5. The van der Waals surface area contributed by atoms with E-state index in [4.69, 9.17) is 0 Å². The van der Waals surface area contributed by atoms with Gasteiger partial charge in [-0.15, -0.1) is 0 Å². The highest BCUT2D eigenvalue weighted by molar-refractivity contribution is 5.95. The van der Waals surface area contributed by atoms with E-state index in [1.54, 1.807) is 36.1 Å². The van der Waals surface area contributed by atoms with Gasteiger partial charge in [0.05, 0.1) is 5.69 Å². The number of hydrogen-bond donors (Lipinski definition) is 3. The molecule has 1 aliphatic heterocycles. The summed E-state index contributed by atoms with van der Waals surface area (Å²) in [5.74, 6) is 0.391. The Kier molecular flexibility index (Phi) is 5.20. The molecule has 33 heavy (non-hydrogen) atoms. The molecule has 2 aromatic heterocycles. The Morgan fingerprint density at radius 2 is 2.06 bits per heavy atom. The molecule has 0 radical (unpaired) electrons. The lowest BCUT2D eigenvalue weighted by Crippen LogP contribution is -2.32. The van der Waals surface area contributed by atoms with Crippen molar-refractivity contribution in [1.29, 1.82) is 0 Å². The highest BCUT2D eigenvalue weighted by Crippen LogP contribution is 2.35. The van der Waals surface area contributed by atoms with Crippen LogP contribution in [0.4, 0.5) is 4.39 Å². The summed E-state index contributed by atoms with van der Waals surface area (Å²) in [7, 11) is 0. The minimum atomic E-state index is -0.391. The van der Waals surface area contributed by atoms with Gasteiger partial charge in [-0.25, -0.2) is 9.37 Å². The summed E-state index contributed by atoms with van der Waals surface area (Å²) in [6.07, 6.45) is 5.24. The van der Waals surface area contributed by atoms with Crippen LogP contribution in [0.25, 0.3) is 39.1 Å². The Labute approximate surface area is 190 Å². The number of carbonyl (C=O) groups is 1. The molecular weight excluding hydrogens is 421 g/mol. The van der Waals surface area contributed by atoms with E-state index in [-0.39, 0.29) is 11.7 Å². The van der Waals surface area contributed by atoms with Crippen LogP contribution < -0.4 is 0 Å². The van der Waals surface area contributed by atoms with E-state index >= 15 is 4.39 Å². The van der Waals surface area contributed by atoms with Crippen LogP contribution in [-0.2, 0) is 11.2 Å². The van der Waals surface area contributed by atoms with E-state index < -0.39 is 5.82 Å². The van der Waals surface area contributed by atoms with Crippen LogP contribution in [0.15, 0.2) is 42.6 Å². The van der Waals surface area contributed by atoms with E-state index in [9.17, 15) is 9.90 Å². The molecule has 0 spiro atoms. The van der Waals surface area contributed by atoms with E-state index in [2.05, 4.69) is 20.2 Å². The number of phenols is 1. The Bertz CT molecular complexity index is 1400. The number of nitrogens with one attached hydrogen (secondary N) is 2. The molecule has 0 unspecified atom stereocenters. The highest BCUT2D eigenvalue weighted by Gasteiger charge is 2.20. The van der Waals surface area contributed by atoms with Crippen LogP contribution >= 0.6 is 0 Å². The number of rotatable bonds is 4. The van der Waals surface area contributed by atoms with Crippen LogP contribution in [0.3, 0.4) is 0 Å². The molecule has 8 heteroatoms. The second kappa shape index (κ2) is 8.20. The molecule has 0 aliphatic carbocycles. The Morgan fingerprint density at radius 1 is 1.24 bits per heavy atom. The summed E-state index contributed by atoms with van der Waals surface area (Å²) in [5, 5.41) is 17.6. The van der Waals surface area contributed by atoms with Crippen molar-refractivity contribution in [1.82, 2.24) is 25.1 Å². The topological polar surface area (TPSA) is 97.9 Å². The monoisotopic (exact) mass is 445 g/mol. The molecule has 0 saturated carbocycles. The molecular formula is C25H24FN5O2. The quantitative estimate of drug-likeness (QED) is 0.425. The number of aryl methyl sites for hydroxylation is 1. The first-order chi connectivity index (χ1) is 16.0. The third-order valence-electron chi connectivity index (χ3n) is 6.22. The van der Waals surface area contributed by atoms with Gasteiger partial charge >= 0.3 is 0 Å². The molecule has 1 amide bonds. The fourth-order valence-electron chi connectivity index (χ4n) is 4.37. The van der Waals surface area contributed by atoms with Crippen LogP contribution in [0.2, 0.25) is 0 Å². The lowest BCUT2D eigenvalue weighted by Gasteiger charge is -2.24. The smallest absolute Gasteiger partial charge is 0.219 e. The summed E-state index contributed by atoms with van der Waals surface area (Å²) < 4.78 is 15.5. The molecule has 168 valence electrons. The molecule has 0 saturated heterocycles.